The van der Waals surface area contributed by atoms with E-state index in [2.05, 4.69) is 10.4 Å². The van der Waals surface area contributed by atoms with Gasteiger partial charge in [-0.15, -0.1) is 0 Å². The summed E-state index contributed by atoms with van der Waals surface area (Å²) < 4.78 is 6.71. The lowest BCUT2D eigenvalue weighted by Gasteiger charge is -2.01. The predicted molar refractivity (Wildman–Crippen MR) is 68.4 cm³/mol. The first-order valence-electron chi connectivity index (χ1n) is 5.35. The molecule has 0 aliphatic heterocycles. The fourth-order valence-corrected chi connectivity index (χ4v) is 1.63. The molecule has 94 valence electrons. The second-order valence-electron chi connectivity index (χ2n) is 3.76. The Morgan fingerprint density at radius 3 is 2.89 bits per heavy atom. The van der Waals surface area contributed by atoms with Gasteiger partial charge in [-0.2, -0.15) is 5.10 Å². The Balaban J connectivity index is 2.35. The molecule has 0 spiro atoms. The molecule has 2 amide bonds. The van der Waals surface area contributed by atoms with Crippen LogP contribution in [0.3, 0.4) is 0 Å². The van der Waals surface area contributed by atoms with Crippen LogP contribution < -0.4 is 15.8 Å². The molecule has 2 aromatic rings. The SMILES string of the molecule is COc1cccc(-c2cc(NC(N)=O)n(C)n2)c1. The number of aryl methyl sites for hydroxylation is 1. The number of aromatic nitrogens is 2. The summed E-state index contributed by atoms with van der Waals surface area (Å²) >= 11 is 0. The molecule has 0 fully saturated rings. The highest BCUT2D eigenvalue weighted by Gasteiger charge is 2.08. The number of primary amides is 1. The molecule has 6 heteroatoms. The van der Waals surface area contributed by atoms with Gasteiger partial charge in [-0.3, -0.25) is 10.00 Å². The lowest BCUT2D eigenvalue weighted by molar-refractivity contribution is 0.259. The van der Waals surface area contributed by atoms with Crippen LogP contribution in [0.25, 0.3) is 11.3 Å². The van der Waals surface area contributed by atoms with Crippen LogP contribution >= 0.6 is 0 Å². The Hall–Kier alpha value is -2.50. The monoisotopic (exact) mass is 246 g/mol. The van der Waals surface area contributed by atoms with Crippen molar-refractivity contribution in [1.82, 2.24) is 9.78 Å². The number of nitrogens with one attached hydrogen (secondary N) is 1. The third-order valence-electron chi connectivity index (χ3n) is 2.50. The molecule has 1 heterocycles. The zero-order valence-corrected chi connectivity index (χ0v) is 10.2. The van der Waals surface area contributed by atoms with Crippen molar-refractivity contribution in [2.45, 2.75) is 0 Å². The molecule has 0 aliphatic carbocycles. The molecule has 0 saturated heterocycles. The van der Waals surface area contributed by atoms with Crippen LogP contribution in [0, 0.1) is 0 Å². The first kappa shape index (κ1) is 12.0. The summed E-state index contributed by atoms with van der Waals surface area (Å²) in [5, 5.41) is 6.80. The van der Waals surface area contributed by atoms with Crippen molar-refractivity contribution >= 4 is 11.8 Å². The number of methoxy groups -OCH3 is 1. The van der Waals surface area contributed by atoms with Crippen molar-refractivity contribution in [1.29, 1.82) is 0 Å². The second-order valence-corrected chi connectivity index (χ2v) is 3.76. The lowest BCUT2D eigenvalue weighted by Crippen LogP contribution is -2.20. The quantitative estimate of drug-likeness (QED) is 0.862. The van der Waals surface area contributed by atoms with Gasteiger partial charge in [0.2, 0.25) is 0 Å². The van der Waals surface area contributed by atoms with Gasteiger partial charge in [0.15, 0.2) is 0 Å². The van der Waals surface area contributed by atoms with Gasteiger partial charge in [0, 0.05) is 18.7 Å². The van der Waals surface area contributed by atoms with Crippen LogP contribution in [0.1, 0.15) is 0 Å². The number of rotatable bonds is 3. The van der Waals surface area contributed by atoms with E-state index in [-0.39, 0.29) is 0 Å². The molecule has 0 radical (unpaired) electrons. The molecule has 3 N–H and O–H groups in total. The summed E-state index contributed by atoms with van der Waals surface area (Å²) in [4.78, 5) is 10.8. The number of nitrogens with two attached hydrogens (primary N) is 1. The van der Waals surface area contributed by atoms with Crippen LogP contribution in [0.5, 0.6) is 5.75 Å². The highest BCUT2D eigenvalue weighted by atomic mass is 16.5. The van der Waals surface area contributed by atoms with E-state index in [4.69, 9.17) is 10.5 Å². The van der Waals surface area contributed by atoms with Crippen molar-refractivity contribution in [3.63, 3.8) is 0 Å². The third kappa shape index (κ3) is 2.42. The number of amides is 2. The summed E-state index contributed by atoms with van der Waals surface area (Å²) in [5.74, 6) is 1.29. The molecule has 0 aliphatic rings. The van der Waals surface area contributed by atoms with Crippen molar-refractivity contribution in [3.05, 3.63) is 30.3 Å². The number of ether oxygens (including phenoxy) is 1. The zero-order chi connectivity index (χ0) is 13.1. The van der Waals surface area contributed by atoms with Crippen LogP contribution in [-0.4, -0.2) is 22.9 Å². The van der Waals surface area contributed by atoms with Gasteiger partial charge in [0.05, 0.1) is 12.8 Å². The average Bonchev–Trinajstić information content (AvgIpc) is 2.70. The standard InChI is InChI=1S/C12H14N4O2/c1-16-11(14-12(13)17)7-10(15-16)8-4-3-5-9(6-8)18-2/h3-7H,1-2H3,(H3,13,14,17). The number of nitrogens with zero attached hydrogens (tertiary/aromatic N) is 2. The van der Waals surface area contributed by atoms with Gasteiger partial charge in [0.25, 0.3) is 0 Å². The van der Waals surface area contributed by atoms with E-state index in [9.17, 15) is 4.79 Å². The maximum atomic E-state index is 10.8. The minimum atomic E-state index is -0.616. The molecule has 0 saturated carbocycles. The summed E-state index contributed by atoms with van der Waals surface area (Å²) in [6.07, 6.45) is 0. The van der Waals surface area contributed by atoms with Crippen LogP contribution in [0.15, 0.2) is 30.3 Å². The van der Waals surface area contributed by atoms with E-state index >= 15 is 0 Å². The molecule has 1 aromatic heterocycles. The first-order chi connectivity index (χ1) is 8.60. The molecule has 0 atom stereocenters. The van der Waals surface area contributed by atoms with Crippen molar-refractivity contribution < 1.29 is 9.53 Å². The number of benzene rings is 1. The number of carbonyl (C=O) groups is 1. The Morgan fingerprint density at radius 2 is 2.22 bits per heavy atom. The predicted octanol–water partition coefficient (Wildman–Crippen LogP) is 1.59. The van der Waals surface area contributed by atoms with Gasteiger partial charge in [0.1, 0.15) is 11.6 Å². The largest absolute Gasteiger partial charge is 0.497 e. The molecule has 2 rings (SSSR count). The third-order valence-corrected chi connectivity index (χ3v) is 2.50. The van der Waals surface area contributed by atoms with Crippen molar-refractivity contribution in [3.8, 4) is 17.0 Å². The van der Waals surface area contributed by atoms with E-state index in [1.54, 1.807) is 24.9 Å². The fourth-order valence-electron chi connectivity index (χ4n) is 1.63. The van der Waals surface area contributed by atoms with E-state index in [1.807, 2.05) is 24.3 Å². The average molecular weight is 246 g/mol. The Morgan fingerprint density at radius 1 is 1.44 bits per heavy atom. The number of hydrogen-bond acceptors (Lipinski definition) is 3. The zero-order valence-electron chi connectivity index (χ0n) is 10.2. The number of carbonyl (C=O) groups excluding carboxylic acids is 1. The van der Waals surface area contributed by atoms with E-state index in [0.29, 0.717) is 5.82 Å². The van der Waals surface area contributed by atoms with E-state index in [1.165, 1.54) is 0 Å². The molecule has 0 bridgehead atoms. The van der Waals surface area contributed by atoms with E-state index in [0.717, 1.165) is 17.0 Å². The van der Waals surface area contributed by atoms with Gasteiger partial charge in [-0.1, -0.05) is 12.1 Å². The minimum Gasteiger partial charge on any atom is -0.497 e. The summed E-state index contributed by atoms with van der Waals surface area (Å²) in [7, 11) is 3.34. The lowest BCUT2D eigenvalue weighted by atomic mass is 10.1. The topological polar surface area (TPSA) is 82.2 Å². The first-order valence-corrected chi connectivity index (χ1v) is 5.35. The van der Waals surface area contributed by atoms with Gasteiger partial charge >= 0.3 is 6.03 Å². The van der Waals surface area contributed by atoms with Crippen molar-refractivity contribution in [2.24, 2.45) is 12.8 Å². The number of anilines is 1. The van der Waals surface area contributed by atoms with Gasteiger partial charge < -0.3 is 10.5 Å². The van der Waals surface area contributed by atoms with Crippen molar-refractivity contribution in [2.75, 3.05) is 12.4 Å². The van der Waals surface area contributed by atoms with Gasteiger partial charge in [-0.25, -0.2) is 4.79 Å². The molecular weight excluding hydrogens is 232 g/mol. The smallest absolute Gasteiger partial charge is 0.317 e. The second kappa shape index (κ2) is 4.79. The normalized spacial score (nSPS) is 10.1. The molecule has 18 heavy (non-hydrogen) atoms. The fraction of sp³-hybridized carbons (Fsp3) is 0.167. The maximum absolute atomic E-state index is 10.8. The molecule has 6 nitrogen and oxygen atoms in total. The summed E-state index contributed by atoms with van der Waals surface area (Å²) in [6, 6.07) is 8.66. The molecular formula is C12H14N4O2. The summed E-state index contributed by atoms with van der Waals surface area (Å²) in [6.45, 7) is 0. The highest BCUT2D eigenvalue weighted by molar-refractivity contribution is 5.87. The Kier molecular flexibility index (Phi) is 3.18. The van der Waals surface area contributed by atoms with Crippen LogP contribution in [0.2, 0.25) is 0 Å². The van der Waals surface area contributed by atoms with Crippen LogP contribution in [-0.2, 0) is 7.05 Å². The Labute approximate surface area is 104 Å². The van der Waals surface area contributed by atoms with E-state index < -0.39 is 6.03 Å². The summed E-state index contributed by atoms with van der Waals surface area (Å²) in [5.41, 5.74) is 6.72. The minimum absolute atomic E-state index is 0.542. The highest BCUT2D eigenvalue weighted by Crippen LogP contribution is 2.24. The Bertz CT molecular complexity index is 577. The van der Waals surface area contributed by atoms with Gasteiger partial charge in [-0.05, 0) is 12.1 Å². The molecule has 1 aromatic carbocycles. The van der Waals surface area contributed by atoms with Crippen LogP contribution in [0.4, 0.5) is 10.6 Å². The maximum Gasteiger partial charge on any atom is 0.317 e. The molecule has 0 unspecified atom stereocenters. The number of hydrogen-bond donors (Lipinski definition) is 2. The number of urea groups is 1.